The van der Waals surface area contributed by atoms with Gasteiger partial charge in [-0.05, 0) is 43.4 Å². The van der Waals surface area contributed by atoms with E-state index in [1.54, 1.807) is 18.2 Å². The molecule has 1 aromatic carbocycles. The molecule has 0 heterocycles. The van der Waals surface area contributed by atoms with Gasteiger partial charge >= 0.3 is 0 Å². The van der Waals surface area contributed by atoms with Gasteiger partial charge in [-0.1, -0.05) is 18.3 Å². The molecule has 4 nitrogen and oxygen atoms in total. The molecule has 0 radical (unpaired) electrons. The van der Waals surface area contributed by atoms with E-state index in [9.17, 15) is 14.4 Å². The van der Waals surface area contributed by atoms with Crippen LogP contribution in [0.15, 0.2) is 23.1 Å². The zero-order valence-electron chi connectivity index (χ0n) is 9.72. The molecule has 1 rings (SSSR count). The molecule has 18 heavy (non-hydrogen) atoms. The Morgan fingerprint density at radius 3 is 2.44 bits per heavy atom. The van der Waals surface area contributed by atoms with Gasteiger partial charge in [-0.2, -0.15) is 0 Å². The van der Waals surface area contributed by atoms with Gasteiger partial charge in [0.25, 0.3) is 6.57 Å². The van der Waals surface area contributed by atoms with Crippen molar-refractivity contribution in [1.82, 2.24) is 0 Å². The Morgan fingerprint density at radius 2 is 2.00 bits per heavy atom. The van der Waals surface area contributed by atoms with Crippen LogP contribution in [0.4, 0.5) is 0 Å². The predicted octanol–water partition coefficient (Wildman–Crippen LogP) is 3.43. The number of aryl methyl sites for hydroxylation is 1. The summed E-state index contributed by atoms with van der Waals surface area (Å²) >= 11 is 12.7. The zero-order valence-corrected chi connectivity index (χ0v) is 14.1. The average Bonchev–Trinajstić information content (AvgIpc) is 2.20. The molecule has 0 aliphatic carbocycles. The van der Waals surface area contributed by atoms with Crippen LogP contribution in [0.1, 0.15) is 12.5 Å². The van der Waals surface area contributed by atoms with Crippen LogP contribution in [0.2, 0.25) is 0 Å². The molecule has 3 unspecified atom stereocenters. The van der Waals surface area contributed by atoms with E-state index in [-0.39, 0.29) is 0 Å². The lowest BCUT2D eigenvalue weighted by molar-refractivity contribution is 0.459. The highest BCUT2D eigenvalue weighted by Gasteiger charge is 2.37. The molecule has 3 atom stereocenters. The molecule has 0 spiro atoms. The van der Waals surface area contributed by atoms with Crippen molar-refractivity contribution in [3.05, 3.63) is 23.8 Å². The highest BCUT2D eigenvalue weighted by atomic mass is 32.7. The summed E-state index contributed by atoms with van der Waals surface area (Å²) in [7, 11) is 0. The number of hydrogen-bond acceptors (Lipinski definition) is 4. The Kier molecular flexibility index (Phi) is 5.41. The molecule has 0 saturated heterocycles. The molecule has 0 fully saturated rings. The average molecular weight is 344 g/mol. The molecule has 0 amide bonds. The lowest BCUT2D eigenvalue weighted by atomic mass is 10.2. The largest absolute Gasteiger partial charge is 0.442 e. The maximum Gasteiger partial charge on any atom is 0.265 e. The molecule has 0 saturated carbocycles. The molecule has 0 aliphatic heterocycles. The normalized spacial score (nSPS) is 19.7. The number of thiol groups is 2. The molecule has 1 aromatic rings. The zero-order chi connectivity index (χ0) is 14.1. The number of benzene rings is 1. The van der Waals surface area contributed by atoms with Crippen LogP contribution in [0.25, 0.3) is 0 Å². The van der Waals surface area contributed by atoms with Crippen LogP contribution in [0.3, 0.4) is 0 Å². The fraction of sp³-hybridized carbons (Fsp3) is 0.333. The smallest absolute Gasteiger partial charge is 0.265 e. The van der Waals surface area contributed by atoms with Crippen LogP contribution >= 0.6 is 37.9 Å². The SMILES string of the molecule is Cc1ccc(OP(O)(=S)C(C)P(=O)(O)S)c(S)c1. The first-order chi connectivity index (χ1) is 8.04. The van der Waals surface area contributed by atoms with Crippen LogP contribution in [0.5, 0.6) is 5.75 Å². The van der Waals surface area contributed by atoms with E-state index in [1.165, 1.54) is 6.92 Å². The van der Waals surface area contributed by atoms with Gasteiger partial charge in [0.1, 0.15) is 11.1 Å². The van der Waals surface area contributed by atoms with E-state index < -0.39 is 18.5 Å². The standard InChI is InChI=1S/C9H14O4P2S3/c1-6-3-4-8(9(16)5-6)13-15(12,18)7(2)14(10,11)17/h3-5,7,16H,1-2H3,(H,12,18)(H2,10,11,17). The van der Waals surface area contributed by atoms with Crippen LogP contribution in [-0.4, -0.2) is 15.2 Å². The Hall–Kier alpha value is 0.520. The summed E-state index contributed by atoms with van der Waals surface area (Å²) < 4.78 is 16.7. The van der Waals surface area contributed by atoms with E-state index in [1.807, 2.05) is 6.92 Å². The maximum absolute atomic E-state index is 11.4. The monoisotopic (exact) mass is 344 g/mol. The highest BCUT2D eigenvalue weighted by Crippen LogP contribution is 2.66. The minimum Gasteiger partial charge on any atom is -0.442 e. The van der Waals surface area contributed by atoms with Crippen molar-refractivity contribution in [3.8, 4) is 5.75 Å². The summed E-state index contributed by atoms with van der Waals surface area (Å²) in [5.41, 5.74) is 0.980. The fourth-order valence-electron chi connectivity index (χ4n) is 1.11. The van der Waals surface area contributed by atoms with Crippen molar-refractivity contribution in [2.24, 2.45) is 0 Å². The van der Waals surface area contributed by atoms with Crippen molar-refractivity contribution in [2.75, 3.05) is 0 Å². The third-order valence-corrected chi connectivity index (χ3v) is 10.1. The molecule has 0 aromatic heterocycles. The Morgan fingerprint density at radius 1 is 1.44 bits per heavy atom. The lowest BCUT2D eigenvalue weighted by Gasteiger charge is -2.25. The number of hydrogen-bond donors (Lipinski definition) is 4. The van der Waals surface area contributed by atoms with E-state index in [0.29, 0.717) is 10.6 Å². The minimum atomic E-state index is -3.80. The van der Waals surface area contributed by atoms with Gasteiger partial charge in [0.05, 0.1) is 0 Å². The third kappa shape index (κ3) is 4.27. The van der Waals surface area contributed by atoms with Gasteiger partial charge in [0.15, 0.2) is 0 Å². The highest BCUT2D eigenvalue weighted by molar-refractivity contribution is 8.48. The van der Waals surface area contributed by atoms with E-state index in [0.717, 1.165) is 5.56 Å². The summed E-state index contributed by atoms with van der Waals surface area (Å²) in [6.45, 7) is -4.04. The van der Waals surface area contributed by atoms with Crippen molar-refractivity contribution < 1.29 is 18.9 Å². The van der Waals surface area contributed by atoms with Crippen molar-refractivity contribution in [1.29, 1.82) is 0 Å². The fourth-order valence-corrected chi connectivity index (χ4v) is 7.04. The first kappa shape index (κ1) is 16.6. The first-order valence-corrected chi connectivity index (χ1v) is 11.0. The first-order valence-electron chi connectivity index (χ1n) is 4.91. The van der Waals surface area contributed by atoms with Gasteiger partial charge < -0.3 is 14.3 Å². The van der Waals surface area contributed by atoms with Crippen LogP contribution in [0, 0.1) is 6.92 Å². The topological polar surface area (TPSA) is 66.8 Å². The summed E-state index contributed by atoms with van der Waals surface area (Å²) in [6.07, 6.45) is 0. The summed E-state index contributed by atoms with van der Waals surface area (Å²) in [5, 5.41) is -1.11. The van der Waals surface area contributed by atoms with Crippen LogP contribution < -0.4 is 4.52 Å². The van der Waals surface area contributed by atoms with Gasteiger partial charge in [0.2, 0.25) is 6.49 Å². The third-order valence-electron chi connectivity index (χ3n) is 2.30. The van der Waals surface area contributed by atoms with E-state index >= 15 is 0 Å². The van der Waals surface area contributed by atoms with Gasteiger partial charge in [-0.3, -0.25) is 4.57 Å². The molecule has 9 heteroatoms. The van der Waals surface area contributed by atoms with E-state index in [2.05, 4.69) is 24.9 Å². The lowest BCUT2D eigenvalue weighted by Crippen LogP contribution is -2.06. The second-order valence-corrected chi connectivity index (χ2v) is 12.1. The molecular formula is C9H14O4P2S3. The Balaban J connectivity index is 3.03. The Bertz CT molecular complexity index is 543. The van der Waals surface area contributed by atoms with Gasteiger partial charge in [-0.15, -0.1) is 12.6 Å². The predicted molar refractivity (Wildman–Crippen MR) is 83.8 cm³/mol. The summed E-state index contributed by atoms with van der Waals surface area (Å²) in [5.74, 6) is 0.295. The second kappa shape index (κ2) is 5.88. The quantitative estimate of drug-likeness (QED) is 0.498. The second-order valence-electron chi connectivity index (χ2n) is 3.85. The van der Waals surface area contributed by atoms with Gasteiger partial charge in [-0.25, -0.2) is 0 Å². The van der Waals surface area contributed by atoms with Crippen LogP contribution in [-0.2, 0) is 16.4 Å². The molecule has 0 bridgehead atoms. The number of rotatable bonds is 4. The molecular weight excluding hydrogens is 330 g/mol. The molecule has 102 valence electrons. The molecule has 2 N–H and O–H groups in total. The van der Waals surface area contributed by atoms with Crippen molar-refractivity contribution >= 4 is 49.7 Å². The molecule has 0 aliphatic rings. The van der Waals surface area contributed by atoms with Crippen molar-refractivity contribution in [3.63, 3.8) is 0 Å². The summed E-state index contributed by atoms with van der Waals surface area (Å²) in [4.78, 5) is 19.9. The maximum atomic E-state index is 11.4. The van der Waals surface area contributed by atoms with Gasteiger partial charge in [0, 0.05) is 4.90 Å². The minimum absolute atomic E-state index is 0.295. The summed E-state index contributed by atoms with van der Waals surface area (Å²) in [6, 6.07) is 5.13. The van der Waals surface area contributed by atoms with Crippen molar-refractivity contribution in [2.45, 2.75) is 24.1 Å². The van der Waals surface area contributed by atoms with E-state index in [4.69, 9.17) is 16.3 Å². The Labute approximate surface area is 122 Å².